The SMILES string of the molecule is Cc1cc(NC(=O)N2CCOc3ncc(-c4cccc(C(F)(F)F)c4)nc32)cc(C)n1. The fraction of sp³-hybridized carbons (Fsp3) is 0.238. The first-order chi connectivity index (χ1) is 14.7. The number of carbonyl (C=O) groups excluding carboxylic acids is 1. The van der Waals surface area contributed by atoms with Crippen molar-refractivity contribution in [3.63, 3.8) is 0 Å². The molecule has 2 amide bonds. The minimum absolute atomic E-state index is 0.138. The van der Waals surface area contributed by atoms with E-state index in [1.54, 1.807) is 12.1 Å². The van der Waals surface area contributed by atoms with Crippen LogP contribution in [0.2, 0.25) is 0 Å². The molecule has 1 aliphatic heterocycles. The number of amides is 2. The molecule has 0 fully saturated rings. The van der Waals surface area contributed by atoms with Crippen LogP contribution in [0, 0.1) is 13.8 Å². The van der Waals surface area contributed by atoms with Gasteiger partial charge in [-0.1, -0.05) is 12.1 Å². The zero-order valence-electron chi connectivity index (χ0n) is 16.7. The van der Waals surface area contributed by atoms with Crippen LogP contribution in [0.5, 0.6) is 5.88 Å². The third-order valence-corrected chi connectivity index (χ3v) is 4.59. The Hall–Kier alpha value is -3.69. The lowest BCUT2D eigenvalue weighted by atomic mass is 10.1. The smallest absolute Gasteiger partial charge is 0.416 e. The molecule has 1 N–H and O–H groups in total. The largest absolute Gasteiger partial charge is 0.473 e. The van der Waals surface area contributed by atoms with E-state index in [2.05, 4.69) is 20.3 Å². The van der Waals surface area contributed by atoms with Crippen LogP contribution < -0.4 is 15.0 Å². The molecule has 31 heavy (non-hydrogen) atoms. The molecule has 0 unspecified atom stereocenters. The van der Waals surface area contributed by atoms with Crippen LogP contribution in [0.1, 0.15) is 17.0 Å². The normalized spacial score (nSPS) is 13.4. The summed E-state index contributed by atoms with van der Waals surface area (Å²) in [4.78, 5) is 27.1. The van der Waals surface area contributed by atoms with Crippen LogP contribution in [0.4, 0.5) is 29.5 Å². The number of rotatable bonds is 2. The van der Waals surface area contributed by atoms with E-state index in [-0.39, 0.29) is 36.1 Å². The number of aryl methyl sites for hydroxylation is 2. The summed E-state index contributed by atoms with van der Waals surface area (Å²) in [6.45, 7) is 4.06. The van der Waals surface area contributed by atoms with Crippen LogP contribution >= 0.6 is 0 Å². The average molecular weight is 429 g/mol. The molecule has 0 atom stereocenters. The Labute approximate surface area is 175 Å². The monoisotopic (exact) mass is 429 g/mol. The number of ether oxygens (including phenoxy) is 1. The fourth-order valence-electron chi connectivity index (χ4n) is 3.27. The number of hydrogen-bond acceptors (Lipinski definition) is 5. The molecule has 10 heteroatoms. The lowest BCUT2D eigenvalue weighted by Gasteiger charge is -2.28. The average Bonchev–Trinajstić information content (AvgIpc) is 2.71. The second kappa shape index (κ2) is 7.86. The molecule has 160 valence electrons. The van der Waals surface area contributed by atoms with Crippen molar-refractivity contribution in [2.75, 3.05) is 23.4 Å². The molecule has 0 saturated heterocycles. The van der Waals surface area contributed by atoms with Crippen LogP contribution in [-0.4, -0.2) is 34.1 Å². The molecule has 0 spiro atoms. The van der Waals surface area contributed by atoms with Gasteiger partial charge in [0.25, 0.3) is 5.88 Å². The van der Waals surface area contributed by atoms with E-state index in [4.69, 9.17) is 4.74 Å². The number of urea groups is 1. The van der Waals surface area contributed by atoms with Crippen molar-refractivity contribution in [3.8, 4) is 17.1 Å². The summed E-state index contributed by atoms with van der Waals surface area (Å²) in [7, 11) is 0. The molecule has 2 aromatic heterocycles. The van der Waals surface area contributed by atoms with Crippen molar-refractivity contribution in [2.24, 2.45) is 0 Å². The number of alkyl halides is 3. The number of anilines is 2. The van der Waals surface area contributed by atoms with E-state index in [1.807, 2.05) is 13.8 Å². The summed E-state index contributed by atoms with van der Waals surface area (Å²) in [6, 6.07) is 7.79. The molecule has 7 nitrogen and oxygen atoms in total. The Morgan fingerprint density at radius 1 is 1.13 bits per heavy atom. The molecule has 0 aliphatic carbocycles. The van der Waals surface area contributed by atoms with Crippen LogP contribution in [0.25, 0.3) is 11.3 Å². The standard InChI is InChI=1S/C21H18F3N5O2/c1-12-8-16(9-13(2)26-12)27-20(30)29-6-7-31-19-18(29)28-17(11-25-19)14-4-3-5-15(10-14)21(22,23)24/h3-5,8-11H,6-7H2,1-2H3,(H,26,27,30). The number of nitrogens with one attached hydrogen (secondary N) is 1. The molecule has 0 radical (unpaired) electrons. The quantitative estimate of drug-likeness (QED) is 0.644. The number of nitrogens with zero attached hydrogens (tertiary/aromatic N) is 4. The Bertz CT molecular complexity index is 1130. The van der Waals surface area contributed by atoms with Gasteiger partial charge in [0, 0.05) is 22.6 Å². The molecule has 1 aliphatic rings. The number of benzene rings is 1. The third-order valence-electron chi connectivity index (χ3n) is 4.59. The number of halogens is 3. The molecule has 1 aromatic carbocycles. The van der Waals surface area contributed by atoms with Crippen LogP contribution in [0.3, 0.4) is 0 Å². The van der Waals surface area contributed by atoms with Gasteiger partial charge in [0.05, 0.1) is 24.0 Å². The predicted molar refractivity (Wildman–Crippen MR) is 108 cm³/mol. The summed E-state index contributed by atoms with van der Waals surface area (Å²) in [5.41, 5.74) is 1.72. The number of hydrogen-bond donors (Lipinski definition) is 1. The van der Waals surface area contributed by atoms with E-state index in [1.165, 1.54) is 23.2 Å². The van der Waals surface area contributed by atoms with E-state index in [0.29, 0.717) is 5.69 Å². The van der Waals surface area contributed by atoms with E-state index in [0.717, 1.165) is 23.5 Å². The zero-order valence-corrected chi connectivity index (χ0v) is 16.7. The highest BCUT2D eigenvalue weighted by atomic mass is 19.4. The van der Waals surface area contributed by atoms with E-state index < -0.39 is 17.8 Å². The minimum atomic E-state index is -4.48. The van der Waals surface area contributed by atoms with Gasteiger partial charge in [0.15, 0.2) is 0 Å². The Balaban J connectivity index is 1.66. The minimum Gasteiger partial charge on any atom is -0.473 e. The van der Waals surface area contributed by atoms with Crippen molar-refractivity contribution in [2.45, 2.75) is 20.0 Å². The van der Waals surface area contributed by atoms with Gasteiger partial charge in [0.2, 0.25) is 5.82 Å². The summed E-state index contributed by atoms with van der Waals surface area (Å²) < 4.78 is 44.7. The summed E-state index contributed by atoms with van der Waals surface area (Å²) in [6.07, 6.45) is -3.15. The van der Waals surface area contributed by atoms with Crippen molar-refractivity contribution in [1.82, 2.24) is 15.0 Å². The lowest BCUT2D eigenvalue weighted by Crippen LogP contribution is -2.41. The molecular formula is C21H18F3N5O2. The predicted octanol–water partition coefficient (Wildman–Crippen LogP) is 4.61. The van der Waals surface area contributed by atoms with Gasteiger partial charge in [-0.25, -0.2) is 14.8 Å². The van der Waals surface area contributed by atoms with Gasteiger partial charge < -0.3 is 10.1 Å². The van der Waals surface area contributed by atoms with Crippen molar-refractivity contribution in [3.05, 3.63) is 59.5 Å². The molecule has 4 rings (SSSR count). The summed E-state index contributed by atoms with van der Waals surface area (Å²) >= 11 is 0. The highest BCUT2D eigenvalue weighted by Crippen LogP contribution is 2.34. The Kier molecular flexibility index (Phi) is 5.22. The highest BCUT2D eigenvalue weighted by molar-refractivity contribution is 6.02. The van der Waals surface area contributed by atoms with Crippen molar-refractivity contribution in [1.29, 1.82) is 0 Å². The second-order valence-electron chi connectivity index (χ2n) is 7.03. The topological polar surface area (TPSA) is 80.2 Å². The maximum atomic E-state index is 13.1. The van der Waals surface area contributed by atoms with Crippen molar-refractivity contribution >= 4 is 17.5 Å². The van der Waals surface area contributed by atoms with Gasteiger partial charge in [-0.15, -0.1) is 0 Å². The number of carbonyl (C=O) groups is 1. The number of fused-ring (bicyclic) bond motifs is 1. The lowest BCUT2D eigenvalue weighted by molar-refractivity contribution is -0.137. The first-order valence-electron chi connectivity index (χ1n) is 9.42. The molecule has 0 saturated carbocycles. The van der Waals surface area contributed by atoms with Gasteiger partial charge >= 0.3 is 12.2 Å². The molecular weight excluding hydrogens is 411 g/mol. The Morgan fingerprint density at radius 3 is 2.58 bits per heavy atom. The zero-order chi connectivity index (χ0) is 22.2. The van der Waals surface area contributed by atoms with Gasteiger partial charge in [-0.3, -0.25) is 9.88 Å². The summed E-state index contributed by atoms with van der Waals surface area (Å²) in [5.74, 6) is 0.278. The summed E-state index contributed by atoms with van der Waals surface area (Å²) in [5, 5.41) is 2.80. The fourth-order valence-corrected chi connectivity index (χ4v) is 3.27. The van der Waals surface area contributed by atoms with Crippen LogP contribution in [-0.2, 0) is 6.18 Å². The molecule has 3 heterocycles. The number of pyridine rings is 1. The van der Waals surface area contributed by atoms with Gasteiger partial charge in [-0.2, -0.15) is 13.2 Å². The third kappa shape index (κ3) is 4.42. The number of aromatic nitrogens is 3. The molecule has 3 aromatic rings. The maximum Gasteiger partial charge on any atom is 0.416 e. The van der Waals surface area contributed by atoms with Crippen molar-refractivity contribution < 1.29 is 22.7 Å². The van der Waals surface area contributed by atoms with E-state index >= 15 is 0 Å². The Morgan fingerprint density at radius 2 is 1.87 bits per heavy atom. The first-order valence-corrected chi connectivity index (χ1v) is 9.42. The second-order valence-corrected chi connectivity index (χ2v) is 7.03. The molecule has 0 bridgehead atoms. The highest BCUT2D eigenvalue weighted by Gasteiger charge is 2.31. The van der Waals surface area contributed by atoms with Gasteiger partial charge in [0.1, 0.15) is 6.61 Å². The van der Waals surface area contributed by atoms with E-state index in [9.17, 15) is 18.0 Å². The van der Waals surface area contributed by atoms with Crippen LogP contribution in [0.15, 0.2) is 42.6 Å². The van der Waals surface area contributed by atoms with Gasteiger partial charge in [-0.05, 0) is 38.1 Å². The maximum absolute atomic E-state index is 13.1. The first kappa shape index (κ1) is 20.6.